The Kier molecular flexibility index (Phi) is 9.23. The zero-order chi connectivity index (χ0) is 12.6. The predicted octanol–water partition coefficient (Wildman–Crippen LogP) is 3.49. The second kappa shape index (κ2) is 8.80. The molecule has 8 heteroatoms. The Morgan fingerprint density at radius 2 is 1.44 bits per heavy atom. The van der Waals surface area contributed by atoms with Gasteiger partial charge in [-0.25, -0.2) is 30.1 Å². The van der Waals surface area contributed by atoms with Gasteiger partial charge < -0.3 is 9.05 Å². The van der Waals surface area contributed by atoms with Crippen LogP contribution in [0, 0.1) is 0 Å². The van der Waals surface area contributed by atoms with Gasteiger partial charge in [0, 0.05) is 14.2 Å². The van der Waals surface area contributed by atoms with Crippen molar-refractivity contribution in [3.8, 4) is 0 Å². The van der Waals surface area contributed by atoms with Crippen LogP contribution in [0.3, 0.4) is 0 Å². The van der Waals surface area contributed by atoms with Gasteiger partial charge >= 0.3 is 19.0 Å². The van der Waals surface area contributed by atoms with Gasteiger partial charge in [0.25, 0.3) is 0 Å². The van der Waals surface area contributed by atoms with Crippen LogP contribution in [0.4, 0.5) is 0 Å². The average Bonchev–Trinajstić information content (AvgIpc) is 2.28. The maximum Gasteiger partial charge on any atom is 0.643 e. The highest BCUT2D eigenvalue weighted by Gasteiger charge is 2.23. The molecule has 0 aromatic heterocycles. The first-order chi connectivity index (χ1) is 7.46. The molecule has 0 atom stereocenters. The topological polar surface area (TPSA) is 35.5 Å². The fourth-order valence-corrected chi connectivity index (χ4v) is 2.00. The summed E-state index contributed by atoms with van der Waals surface area (Å²) in [5.74, 6) is 0. The SMILES string of the molecule is COP(=O)(OC)c1ccccc1.[Cl][Al]([Cl])[Cl]. The lowest BCUT2D eigenvalue weighted by Gasteiger charge is -2.12. The maximum absolute atomic E-state index is 11.7. The number of hydrogen-bond donors (Lipinski definition) is 0. The Balaban J connectivity index is 0.000000487. The molecule has 0 aliphatic heterocycles. The molecule has 0 N–H and O–H groups in total. The molecule has 3 nitrogen and oxygen atoms in total. The van der Waals surface area contributed by atoms with Gasteiger partial charge in [-0.3, -0.25) is 4.57 Å². The van der Waals surface area contributed by atoms with Crippen LogP contribution in [-0.4, -0.2) is 25.6 Å². The molecule has 1 aromatic carbocycles. The minimum absolute atomic E-state index is 0.579. The van der Waals surface area contributed by atoms with Gasteiger partial charge in [0.2, 0.25) is 0 Å². The third-order valence-electron chi connectivity index (χ3n) is 1.55. The lowest BCUT2D eigenvalue weighted by atomic mass is 10.4. The summed E-state index contributed by atoms with van der Waals surface area (Å²) in [4.78, 5) is 0. The molecule has 0 heterocycles. The molecular weight excluding hydrogens is 308 g/mol. The van der Waals surface area contributed by atoms with Crippen molar-refractivity contribution in [2.24, 2.45) is 0 Å². The van der Waals surface area contributed by atoms with Gasteiger partial charge in [0.1, 0.15) is 0 Å². The van der Waals surface area contributed by atoms with Crippen molar-refractivity contribution in [3.63, 3.8) is 0 Å². The zero-order valence-corrected chi connectivity index (χ0v) is 13.1. The van der Waals surface area contributed by atoms with E-state index >= 15 is 0 Å². The molecule has 0 radical (unpaired) electrons. The monoisotopic (exact) mass is 318 g/mol. The van der Waals surface area contributed by atoms with Crippen LogP contribution in [0.25, 0.3) is 0 Å². The van der Waals surface area contributed by atoms with E-state index in [9.17, 15) is 4.57 Å². The highest BCUT2D eigenvalue weighted by molar-refractivity contribution is 7.62. The molecule has 0 unspecified atom stereocenters. The van der Waals surface area contributed by atoms with Gasteiger partial charge in [-0.15, -0.1) is 0 Å². The van der Waals surface area contributed by atoms with Crippen LogP contribution in [0.15, 0.2) is 30.3 Å². The predicted molar refractivity (Wildman–Crippen MR) is 71.0 cm³/mol. The van der Waals surface area contributed by atoms with E-state index in [0.717, 1.165) is 0 Å². The molecule has 0 aliphatic carbocycles. The molecule has 0 aliphatic rings. The van der Waals surface area contributed by atoms with Crippen molar-refractivity contribution >= 4 is 54.4 Å². The van der Waals surface area contributed by atoms with Gasteiger partial charge in [0.15, 0.2) is 0 Å². The molecule has 0 amide bonds. The fourth-order valence-electron chi connectivity index (χ4n) is 0.896. The van der Waals surface area contributed by atoms with Gasteiger partial charge in [0.05, 0.1) is 5.30 Å². The van der Waals surface area contributed by atoms with Crippen molar-refractivity contribution in [1.29, 1.82) is 0 Å². The van der Waals surface area contributed by atoms with E-state index < -0.39 is 19.0 Å². The van der Waals surface area contributed by atoms with Crippen LogP contribution < -0.4 is 5.30 Å². The number of rotatable bonds is 3. The van der Waals surface area contributed by atoms with Crippen molar-refractivity contribution in [1.82, 2.24) is 0 Å². The molecular formula is C8H11AlCl3O3P. The molecule has 0 saturated carbocycles. The van der Waals surface area contributed by atoms with E-state index in [-0.39, 0.29) is 0 Å². The molecule has 0 bridgehead atoms. The van der Waals surface area contributed by atoms with E-state index in [2.05, 4.69) is 0 Å². The highest BCUT2D eigenvalue weighted by Crippen LogP contribution is 2.44. The minimum atomic E-state index is -3.03. The second-order valence-corrected chi connectivity index (χ2v) is 11.1. The highest BCUT2D eigenvalue weighted by atomic mass is 35.8. The lowest BCUT2D eigenvalue weighted by Crippen LogP contribution is -2.06. The Labute approximate surface area is 112 Å². The van der Waals surface area contributed by atoms with Crippen LogP contribution in [0.1, 0.15) is 0 Å². The molecule has 1 rings (SSSR count). The number of halogens is 3. The van der Waals surface area contributed by atoms with Crippen molar-refractivity contribution in [2.75, 3.05) is 14.2 Å². The van der Waals surface area contributed by atoms with E-state index in [1.54, 1.807) is 24.3 Å². The van der Waals surface area contributed by atoms with Crippen molar-refractivity contribution in [2.45, 2.75) is 0 Å². The molecule has 16 heavy (non-hydrogen) atoms. The van der Waals surface area contributed by atoms with Crippen molar-refractivity contribution in [3.05, 3.63) is 30.3 Å². The fraction of sp³-hybridized carbons (Fsp3) is 0.250. The Morgan fingerprint density at radius 3 is 1.75 bits per heavy atom. The minimum Gasteiger partial charge on any atom is -0.309 e. The maximum atomic E-state index is 11.7. The second-order valence-electron chi connectivity index (χ2n) is 2.45. The van der Waals surface area contributed by atoms with E-state index in [1.807, 2.05) is 6.07 Å². The Hall–Kier alpha value is 0.772. The standard InChI is InChI=1S/C8H11O3P.Al.3ClH/c1-10-12(9,11-2)8-6-4-3-5-7-8;;;;/h3-7H,1-2H3;;3*1H/q;+3;;;/p-3. The lowest BCUT2D eigenvalue weighted by molar-refractivity contribution is 0.287. The zero-order valence-electron chi connectivity index (χ0n) is 8.77. The summed E-state index contributed by atoms with van der Waals surface area (Å²) in [6, 6.07) is 8.86. The molecule has 0 fully saturated rings. The molecule has 1 aromatic rings. The van der Waals surface area contributed by atoms with Crippen molar-refractivity contribution < 1.29 is 13.6 Å². The Bertz CT molecular complexity index is 326. The normalized spacial score (nSPS) is 10.3. The van der Waals surface area contributed by atoms with Gasteiger partial charge in [-0.1, -0.05) is 18.2 Å². The van der Waals surface area contributed by atoms with E-state index in [0.29, 0.717) is 5.30 Å². The summed E-state index contributed by atoms with van der Waals surface area (Å²) < 4.78 is 21.3. The smallest absolute Gasteiger partial charge is 0.309 e. The number of benzene rings is 1. The summed E-state index contributed by atoms with van der Waals surface area (Å²) in [6.07, 6.45) is 0. The third kappa shape index (κ3) is 6.49. The van der Waals surface area contributed by atoms with E-state index in [4.69, 9.17) is 39.2 Å². The molecule has 0 spiro atoms. The Morgan fingerprint density at radius 1 is 1.06 bits per heavy atom. The average molecular weight is 319 g/mol. The first-order valence-corrected chi connectivity index (χ1v) is 10.9. The largest absolute Gasteiger partial charge is 0.643 e. The van der Waals surface area contributed by atoms with Crippen LogP contribution in [-0.2, 0) is 13.6 Å². The molecule has 90 valence electrons. The summed E-state index contributed by atoms with van der Waals surface area (Å²) in [5.41, 5.74) is 0. The number of hydrogen-bond acceptors (Lipinski definition) is 3. The first-order valence-electron chi connectivity index (χ1n) is 4.15. The summed E-state index contributed by atoms with van der Waals surface area (Å²) in [5, 5.41) is 0.579. The molecule has 0 saturated heterocycles. The quantitative estimate of drug-likeness (QED) is 0.632. The first kappa shape index (κ1) is 16.8. The van der Waals surface area contributed by atoms with Crippen LogP contribution >= 0.6 is 37.7 Å². The van der Waals surface area contributed by atoms with Crippen LogP contribution in [0.5, 0.6) is 0 Å². The third-order valence-corrected chi connectivity index (χ3v) is 3.45. The van der Waals surface area contributed by atoms with Gasteiger partial charge in [-0.05, 0) is 12.1 Å². The van der Waals surface area contributed by atoms with E-state index in [1.165, 1.54) is 14.2 Å². The summed E-state index contributed by atoms with van der Waals surface area (Å²) >= 11 is -1.72. The summed E-state index contributed by atoms with van der Waals surface area (Å²) in [7, 11) is 14.5. The van der Waals surface area contributed by atoms with Crippen LogP contribution in [0.2, 0.25) is 0 Å². The summed E-state index contributed by atoms with van der Waals surface area (Å²) in [6.45, 7) is 0. The van der Waals surface area contributed by atoms with Gasteiger partial charge in [-0.2, -0.15) is 0 Å².